The average Bonchev–Trinajstić information content (AvgIpc) is 2.62. The largest absolute Gasteiger partial charge is 0.469 e. The van der Waals surface area contributed by atoms with Gasteiger partial charge >= 0.3 is 5.97 Å². The number of nitrogens with two attached hydrogens (primary N) is 2. The van der Waals surface area contributed by atoms with E-state index in [1.807, 2.05) is 0 Å². The fourth-order valence-corrected chi connectivity index (χ4v) is 1.75. The van der Waals surface area contributed by atoms with E-state index in [0.717, 1.165) is 6.42 Å². The number of esters is 1. The highest BCUT2D eigenvalue weighted by atomic mass is 16.5. The third-order valence-electron chi connectivity index (χ3n) is 3.23. The van der Waals surface area contributed by atoms with Crippen molar-refractivity contribution in [2.45, 2.75) is 31.7 Å². The molecule has 5 N–H and O–H groups in total. The summed E-state index contributed by atoms with van der Waals surface area (Å²) in [5.41, 5.74) is 11.0. The molecule has 0 aliphatic carbocycles. The van der Waals surface area contributed by atoms with Crippen molar-refractivity contribution in [2.75, 3.05) is 59.8 Å². The lowest BCUT2D eigenvalue weighted by Crippen LogP contribution is -2.41. The third-order valence-corrected chi connectivity index (χ3v) is 3.23. The van der Waals surface area contributed by atoms with Gasteiger partial charge < -0.3 is 35.7 Å². The molecule has 0 rings (SSSR count). The van der Waals surface area contributed by atoms with Gasteiger partial charge in [0.05, 0.1) is 39.6 Å². The maximum absolute atomic E-state index is 11.7. The molecular formula is C16H33N3O6. The van der Waals surface area contributed by atoms with Crippen LogP contribution in [0, 0.1) is 0 Å². The average molecular weight is 363 g/mol. The molecule has 0 spiro atoms. The van der Waals surface area contributed by atoms with Crippen LogP contribution in [-0.2, 0) is 28.5 Å². The van der Waals surface area contributed by atoms with Crippen LogP contribution < -0.4 is 16.8 Å². The number of carbonyl (C=O) groups is 2. The highest BCUT2D eigenvalue weighted by Gasteiger charge is 2.14. The molecule has 0 aliphatic heterocycles. The van der Waals surface area contributed by atoms with Crippen LogP contribution in [0.2, 0.25) is 0 Å². The summed E-state index contributed by atoms with van der Waals surface area (Å²) in [6.45, 7) is 4.38. The number of nitrogens with one attached hydrogen (secondary N) is 1. The number of amides is 1. The number of ether oxygens (including phenoxy) is 4. The van der Waals surface area contributed by atoms with Crippen LogP contribution in [0.25, 0.3) is 0 Å². The standard InChI is InChI=1S/C16H33N3O6/c1-22-15(20)5-4-14(18)16(21)19-7-3-9-24-11-13-25-12-10-23-8-2-6-17/h14H,2-13,17-18H2,1H3,(H,19,21). The fourth-order valence-electron chi connectivity index (χ4n) is 1.75. The molecule has 9 nitrogen and oxygen atoms in total. The molecule has 0 fully saturated rings. The lowest BCUT2D eigenvalue weighted by molar-refractivity contribution is -0.140. The smallest absolute Gasteiger partial charge is 0.305 e. The molecule has 0 aromatic rings. The van der Waals surface area contributed by atoms with E-state index in [4.69, 9.17) is 25.7 Å². The van der Waals surface area contributed by atoms with Crippen molar-refractivity contribution in [1.29, 1.82) is 0 Å². The van der Waals surface area contributed by atoms with Crippen molar-refractivity contribution in [1.82, 2.24) is 5.32 Å². The van der Waals surface area contributed by atoms with Gasteiger partial charge in [-0.1, -0.05) is 0 Å². The van der Waals surface area contributed by atoms with Gasteiger partial charge in [0, 0.05) is 26.2 Å². The van der Waals surface area contributed by atoms with Gasteiger partial charge in [-0.2, -0.15) is 0 Å². The van der Waals surface area contributed by atoms with Crippen molar-refractivity contribution < 1.29 is 28.5 Å². The van der Waals surface area contributed by atoms with E-state index in [9.17, 15) is 9.59 Å². The zero-order chi connectivity index (χ0) is 18.8. The Kier molecular flexibility index (Phi) is 16.7. The topological polar surface area (TPSA) is 135 Å². The van der Waals surface area contributed by atoms with E-state index < -0.39 is 6.04 Å². The molecule has 0 saturated heterocycles. The zero-order valence-corrected chi connectivity index (χ0v) is 15.2. The monoisotopic (exact) mass is 363 g/mol. The molecule has 9 heteroatoms. The summed E-state index contributed by atoms with van der Waals surface area (Å²) in [6.07, 6.45) is 1.93. The molecule has 1 atom stereocenters. The van der Waals surface area contributed by atoms with Crippen molar-refractivity contribution in [3.8, 4) is 0 Å². The fraction of sp³-hybridized carbons (Fsp3) is 0.875. The first-order valence-corrected chi connectivity index (χ1v) is 8.65. The van der Waals surface area contributed by atoms with Crippen LogP contribution in [0.3, 0.4) is 0 Å². The summed E-state index contributed by atoms with van der Waals surface area (Å²) in [7, 11) is 1.30. The molecule has 148 valence electrons. The van der Waals surface area contributed by atoms with Crippen molar-refractivity contribution in [2.24, 2.45) is 11.5 Å². The van der Waals surface area contributed by atoms with Crippen molar-refractivity contribution in [3.05, 3.63) is 0 Å². The van der Waals surface area contributed by atoms with Crippen molar-refractivity contribution >= 4 is 11.9 Å². The Hall–Kier alpha value is -1.26. The molecule has 25 heavy (non-hydrogen) atoms. The minimum absolute atomic E-state index is 0.131. The van der Waals surface area contributed by atoms with Gasteiger partial charge in [-0.25, -0.2) is 0 Å². The molecule has 0 bridgehead atoms. The Balaban J connectivity index is 3.32. The second kappa shape index (κ2) is 17.6. The maximum Gasteiger partial charge on any atom is 0.305 e. The Bertz CT molecular complexity index is 344. The maximum atomic E-state index is 11.7. The first-order chi connectivity index (χ1) is 12.1. The van der Waals surface area contributed by atoms with Gasteiger partial charge in [0.1, 0.15) is 0 Å². The SMILES string of the molecule is COC(=O)CCC(N)C(=O)NCCCOCCOCCOCCCN. The zero-order valence-electron chi connectivity index (χ0n) is 15.2. The normalized spacial score (nSPS) is 12.0. The third kappa shape index (κ3) is 16.0. The lowest BCUT2D eigenvalue weighted by Gasteiger charge is -2.11. The Morgan fingerprint density at radius 1 is 0.960 bits per heavy atom. The number of hydrogen-bond acceptors (Lipinski definition) is 8. The first-order valence-electron chi connectivity index (χ1n) is 8.65. The molecule has 0 aromatic heterocycles. The van der Waals surface area contributed by atoms with Crippen LogP contribution in [-0.4, -0.2) is 77.8 Å². The molecular weight excluding hydrogens is 330 g/mol. The van der Waals surface area contributed by atoms with Crippen LogP contribution in [0.4, 0.5) is 0 Å². The van der Waals surface area contributed by atoms with Crippen LogP contribution >= 0.6 is 0 Å². The molecule has 0 saturated carbocycles. The molecule has 1 unspecified atom stereocenters. The predicted molar refractivity (Wildman–Crippen MR) is 93.0 cm³/mol. The molecule has 0 radical (unpaired) electrons. The van der Waals surface area contributed by atoms with Gasteiger partial charge in [-0.15, -0.1) is 0 Å². The Morgan fingerprint density at radius 2 is 1.52 bits per heavy atom. The quantitative estimate of drug-likeness (QED) is 0.225. The van der Waals surface area contributed by atoms with E-state index in [1.54, 1.807) is 0 Å². The second-order valence-electron chi connectivity index (χ2n) is 5.35. The number of rotatable bonds is 17. The summed E-state index contributed by atoms with van der Waals surface area (Å²) in [5.74, 6) is -0.650. The summed E-state index contributed by atoms with van der Waals surface area (Å²) < 4.78 is 20.5. The van der Waals surface area contributed by atoms with Gasteiger partial charge in [-0.05, 0) is 25.8 Å². The van der Waals surface area contributed by atoms with E-state index in [-0.39, 0.29) is 24.7 Å². The minimum Gasteiger partial charge on any atom is -0.469 e. The van der Waals surface area contributed by atoms with E-state index in [0.29, 0.717) is 59.2 Å². The highest BCUT2D eigenvalue weighted by Crippen LogP contribution is 1.96. The highest BCUT2D eigenvalue weighted by molar-refractivity contribution is 5.82. The summed E-state index contributed by atoms with van der Waals surface area (Å²) in [6, 6.07) is -0.708. The molecule has 1 amide bonds. The predicted octanol–water partition coefficient (Wildman–Crippen LogP) is -0.828. The molecule has 0 aliphatic rings. The van der Waals surface area contributed by atoms with Gasteiger partial charge in [0.2, 0.25) is 5.91 Å². The Morgan fingerprint density at radius 3 is 2.08 bits per heavy atom. The van der Waals surface area contributed by atoms with Gasteiger partial charge in [-0.3, -0.25) is 9.59 Å². The summed E-state index contributed by atoms with van der Waals surface area (Å²) in [5, 5.41) is 2.71. The number of methoxy groups -OCH3 is 1. The minimum atomic E-state index is -0.708. The molecule has 0 heterocycles. The Labute approximate surface area is 149 Å². The number of carbonyl (C=O) groups excluding carboxylic acids is 2. The van der Waals surface area contributed by atoms with E-state index in [2.05, 4.69) is 10.1 Å². The molecule has 0 aromatic carbocycles. The van der Waals surface area contributed by atoms with Gasteiger partial charge in [0.15, 0.2) is 0 Å². The second-order valence-corrected chi connectivity index (χ2v) is 5.35. The van der Waals surface area contributed by atoms with Crippen molar-refractivity contribution in [3.63, 3.8) is 0 Å². The summed E-state index contributed by atoms with van der Waals surface area (Å²) >= 11 is 0. The lowest BCUT2D eigenvalue weighted by atomic mass is 10.1. The van der Waals surface area contributed by atoms with Crippen LogP contribution in [0.15, 0.2) is 0 Å². The summed E-state index contributed by atoms with van der Waals surface area (Å²) in [4.78, 5) is 22.7. The van der Waals surface area contributed by atoms with E-state index in [1.165, 1.54) is 7.11 Å². The van der Waals surface area contributed by atoms with E-state index >= 15 is 0 Å². The first kappa shape index (κ1) is 23.7. The number of hydrogen-bond donors (Lipinski definition) is 3. The van der Waals surface area contributed by atoms with Crippen LogP contribution in [0.5, 0.6) is 0 Å². The van der Waals surface area contributed by atoms with Crippen LogP contribution in [0.1, 0.15) is 25.7 Å². The van der Waals surface area contributed by atoms with Gasteiger partial charge in [0.25, 0.3) is 0 Å².